The summed E-state index contributed by atoms with van der Waals surface area (Å²) in [5.41, 5.74) is 4.76. The lowest BCUT2D eigenvalue weighted by molar-refractivity contribution is 1.17. The monoisotopic (exact) mass is 382 g/mol. The first kappa shape index (κ1) is 16.9. The normalized spacial score (nSPS) is 11.3. The molecule has 2 heteroatoms. The van der Waals surface area contributed by atoms with Crippen LogP contribution < -0.4 is 0 Å². The van der Waals surface area contributed by atoms with Crippen LogP contribution >= 0.6 is 0 Å². The zero-order chi connectivity index (χ0) is 19.9. The van der Waals surface area contributed by atoms with Crippen molar-refractivity contribution in [2.45, 2.75) is 0 Å². The Kier molecular flexibility index (Phi) is 3.82. The molecule has 0 aliphatic carbocycles. The Hall–Kier alpha value is -4.04. The van der Waals surface area contributed by atoms with Crippen LogP contribution in [0.3, 0.4) is 0 Å². The smallest absolute Gasteiger partial charge is 0.115 e. The molecule has 5 aromatic carbocycles. The fourth-order valence-corrected chi connectivity index (χ4v) is 4.60. The van der Waals surface area contributed by atoms with Gasteiger partial charge in [0.15, 0.2) is 0 Å². The van der Waals surface area contributed by atoms with Crippen molar-refractivity contribution in [3.8, 4) is 22.3 Å². The van der Waals surface area contributed by atoms with Gasteiger partial charge in [-0.05, 0) is 43.4 Å². The Bertz CT molecular complexity index is 1470. The van der Waals surface area contributed by atoms with Crippen molar-refractivity contribution in [2.24, 2.45) is 0 Å². The molecule has 0 fully saturated rings. The minimum Gasteiger partial charge on any atom is -0.244 e. The largest absolute Gasteiger partial charge is 0.244 e. The summed E-state index contributed by atoms with van der Waals surface area (Å²) in [4.78, 5) is 8.57. The molecule has 0 aliphatic heterocycles. The second kappa shape index (κ2) is 6.78. The first-order valence-electron chi connectivity index (χ1n) is 10.1. The molecule has 30 heavy (non-hydrogen) atoms. The highest BCUT2D eigenvalue weighted by Gasteiger charge is 2.17. The van der Waals surface area contributed by atoms with Crippen LogP contribution in [0.2, 0.25) is 0 Å². The number of hydrogen-bond acceptors (Lipinski definition) is 2. The molecule has 0 radical (unpaired) electrons. The van der Waals surface area contributed by atoms with Gasteiger partial charge in [0.05, 0.1) is 0 Å². The molecule has 6 rings (SSSR count). The summed E-state index contributed by atoms with van der Waals surface area (Å²) < 4.78 is 0. The van der Waals surface area contributed by atoms with Gasteiger partial charge < -0.3 is 0 Å². The number of hydrogen-bond donors (Lipinski definition) is 0. The minimum absolute atomic E-state index is 1.04. The van der Waals surface area contributed by atoms with Gasteiger partial charge in [0.1, 0.15) is 6.33 Å². The Morgan fingerprint density at radius 2 is 0.933 bits per heavy atom. The minimum atomic E-state index is 1.04. The van der Waals surface area contributed by atoms with Gasteiger partial charge in [-0.2, -0.15) is 0 Å². The van der Waals surface area contributed by atoms with Gasteiger partial charge in [0.2, 0.25) is 0 Å². The van der Waals surface area contributed by atoms with Crippen LogP contribution in [0.1, 0.15) is 0 Å². The number of benzene rings is 5. The summed E-state index contributed by atoms with van der Waals surface area (Å²) in [6, 6.07) is 32.5. The molecule has 0 saturated heterocycles. The molecule has 0 aliphatic rings. The molecule has 1 heterocycles. The highest BCUT2D eigenvalue weighted by molar-refractivity contribution is 6.23. The molecule has 0 unspecified atom stereocenters. The van der Waals surface area contributed by atoms with E-state index in [4.69, 9.17) is 0 Å². The van der Waals surface area contributed by atoms with Gasteiger partial charge in [-0.15, -0.1) is 0 Å². The molecule has 0 bridgehead atoms. The van der Waals surface area contributed by atoms with Crippen LogP contribution in [-0.2, 0) is 0 Å². The summed E-state index contributed by atoms with van der Waals surface area (Å²) in [6.45, 7) is 0. The summed E-state index contributed by atoms with van der Waals surface area (Å²) in [5, 5.41) is 7.44. The van der Waals surface area contributed by atoms with E-state index >= 15 is 0 Å². The van der Waals surface area contributed by atoms with Crippen molar-refractivity contribution in [2.75, 3.05) is 0 Å². The maximum absolute atomic E-state index is 4.29. The molecule has 1 aromatic heterocycles. The second-order valence-electron chi connectivity index (χ2n) is 7.50. The number of aromatic nitrogens is 2. The van der Waals surface area contributed by atoms with Gasteiger partial charge in [-0.1, -0.05) is 91.0 Å². The fourth-order valence-electron chi connectivity index (χ4n) is 4.60. The summed E-state index contributed by atoms with van der Waals surface area (Å²) in [5.74, 6) is 0. The molecular formula is C28H18N2. The van der Waals surface area contributed by atoms with Crippen LogP contribution in [-0.4, -0.2) is 9.97 Å². The third kappa shape index (κ3) is 2.51. The van der Waals surface area contributed by atoms with Gasteiger partial charge >= 0.3 is 0 Å². The van der Waals surface area contributed by atoms with Crippen LogP contribution in [0.4, 0.5) is 0 Å². The van der Waals surface area contributed by atoms with Gasteiger partial charge in [-0.25, -0.2) is 9.97 Å². The van der Waals surface area contributed by atoms with E-state index in [9.17, 15) is 0 Å². The van der Waals surface area contributed by atoms with E-state index in [0.717, 1.165) is 5.56 Å². The average Bonchev–Trinajstić information content (AvgIpc) is 2.83. The molecule has 0 spiro atoms. The molecule has 2 nitrogen and oxygen atoms in total. The van der Waals surface area contributed by atoms with E-state index in [0.29, 0.717) is 0 Å². The van der Waals surface area contributed by atoms with Crippen LogP contribution in [0.5, 0.6) is 0 Å². The lowest BCUT2D eigenvalue weighted by atomic mass is 9.85. The molecule has 0 N–H and O–H groups in total. The third-order valence-corrected chi connectivity index (χ3v) is 5.84. The molecule has 0 saturated carbocycles. The molecular weight excluding hydrogens is 364 g/mol. The third-order valence-electron chi connectivity index (χ3n) is 5.84. The van der Waals surface area contributed by atoms with Crippen LogP contribution in [0, 0.1) is 0 Å². The van der Waals surface area contributed by atoms with Crippen molar-refractivity contribution in [3.63, 3.8) is 0 Å². The van der Waals surface area contributed by atoms with Crippen molar-refractivity contribution in [1.82, 2.24) is 9.97 Å². The molecule has 6 aromatic rings. The number of rotatable bonds is 2. The summed E-state index contributed by atoms with van der Waals surface area (Å²) in [7, 11) is 0. The zero-order valence-corrected chi connectivity index (χ0v) is 16.3. The Balaban J connectivity index is 1.85. The Morgan fingerprint density at radius 1 is 0.433 bits per heavy atom. The first-order valence-corrected chi connectivity index (χ1v) is 10.1. The summed E-state index contributed by atoms with van der Waals surface area (Å²) in [6.07, 6.45) is 5.38. The Morgan fingerprint density at radius 3 is 1.57 bits per heavy atom. The van der Waals surface area contributed by atoms with E-state index in [1.165, 1.54) is 49.0 Å². The van der Waals surface area contributed by atoms with Crippen molar-refractivity contribution < 1.29 is 0 Å². The predicted molar refractivity (Wildman–Crippen MR) is 125 cm³/mol. The zero-order valence-electron chi connectivity index (χ0n) is 16.3. The fraction of sp³-hybridized carbons (Fsp3) is 0. The van der Waals surface area contributed by atoms with Crippen molar-refractivity contribution in [1.29, 1.82) is 0 Å². The lowest BCUT2D eigenvalue weighted by Gasteiger charge is -2.18. The SMILES string of the molecule is c1ccc2c(-c3c4ccccc4c(-c4cncnc4)c4ccccc34)cccc2c1. The van der Waals surface area contributed by atoms with E-state index < -0.39 is 0 Å². The maximum atomic E-state index is 4.29. The van der Waals surface area contributed by atoms with Gasteiger partial charge in [0.25, 0.3) is 0 Å². The van der Waals surface area contributed by atoms with Gasteiger partial charge in [0, 0.05) is 23.5 Å². The quantitative estimate of drug-likeness (QED) is 0.294. The molecule has 0 amide bonds. The van der Waals surface area contributed by atoms with Gasteiger partial charge in [-0.3, -0.25) is 0 Å². The first-order chi connectivity index (χ1) is 14.9. The average molecular weight is 382 g/mol. The topological polar surface area (TPSA) is 25.8 Å². The Labute approximate surface area is 174 Å². The second-order valence-corrected chi connectivity index (χ2v) is 7.50. The highest BCUT2D eigenvalue weighted by atomic mass is 14.8. The number of nitrogens with zero attached hydrogens (tertiary/aromatic N) is 2. The number of fused-ring (bicyclic) bond motifs is 3. The lowest BCUT2D eigenvalue weighted by Crippen LogP contribution is -1.92. The standard InChI is InChI=1S/C28H18N2/c1-2-10-21-19(8-1)9-7-15-22(21)28-25-13-5-3-11-23(25)27(20-16-29-18-30-17-20)24-12-4-6-14-26(24)28/h1-18H. The molecule has 0 atom stereocenters. The van der Waals surface area contributed by atoms with Crippen molar-refractivity contribution in [3.05, 3.63) is 110 Å². The van der Waals surface area contributed by atoms with E-state index in [1.54, 1.807) is 6.33 Å². The summed E-state index contributed by atoms with van der Waals surface area (Å²) >= 11 is 0. The van der Waals surface area contributed by atoms with Crippen LogP contribution in [0.25, 0.3) is 54.6 Å². The van der Waals surface area contributed by atoms with E-state index in [1.807, 2.05) is 12.4 Å². The van der Waals surface area contributed by atoms with Crippen LogP contribution in [0.15, 0.2) is 110 Å². The highest BCUT2D eigenvalue weighted by Crippen LogP contribution is 2.44. The molecule has 140 valence electrons. The van der Waals surface area contributed by atoms with Crippen molar-refractivity contribution >= 4 is 32.3 Å². The maximum Gasteiger partial charge on any atom is 0.115 e. The predicted octanol–water partition coefficient (Wildman–Crippen LogP) is 7.27. The van der Waals surface area contributed by atoms with E-state index in [-0.39, 0.29) is 0 Å². The van der Waals surface area contributed by atoms with E-state index in [2.05, 4.69) is 101 Å².